The summed E-state index contributed by atoms with van der Waals surface area (Å²) in [6, 6.07) is 12.4. The molecular formula is C21H20ClNO4. The van der Waals surface area contributed by atoms with Gasteiger partial charge in [-0.25, -0.2) is 0 Å². The Kier molecular flexibility index (Phi) is 5.51. The molecule has 1 heterocycles. The first-order valence-corrected chi connectivity index (χ1v) is 8.98. The maximum atomic E-state index is 13.1. The van der Waals surface area contributed by atoms with E-state index in [2.05, 4.69) is 0 Å². The Hall–Kier alpha value is -2.79. The predicted molar refractivity (Wildman–Crippen MR) is 105 cm³/mol. The average molecular weight is 386 g/mol. The molecule has 0 saturated carbocycles. The van der Waals surface area contributed by atoms with Gasteiger partial charge in [-0.05, 0) is 43.7 Å². The molecule has 0 aliphatic heterocycles. The SMILES string of the molecule is CCOC(=O)Cc1c(C)n(C(=O)c2ccccc2)c2cc(Cl)c(OC)cc12. The van der Waals surface area contributed by atoms with Gasteiger partial charge in [0.25, 0.3) is 5.91 Å². The Labute approximate surface area is 162 Å². The second-order valence-corrected chi connectivity index (χ2v) is 6.46. The number of esters is 1. The van der Waals surface area contributed by atoms with Crippen LogP contribution in [0.3, 0.4) is 0 Å². The second kappa shape index (κ2) is 7.84. The third kappa shape index (κ3) is 3.55. The van der Waals surface area contributed by atoms with Gasteiger partial charge in [0, 0.05) is 16.6 Å². The van der Waals surface area contributed by atoms with Crippen LogP contribution in [0, 0.1) is 6.92 Å². The highest BCUT2D eigenvalue weighted by molar-refractivity contribution is 6.33. The summed E-state index contributed by atoms with van der Waals surface area (Å²) in [4.78, 5) is 25.2. The number of carbonyl (C=O) groups excluding carboxylic acids is 2. The number of methoxy groups -OCH3 is 1. The van der Waals surface area contributed by atoms with Crippen molar-refractivity contribution in [1.82, 2.24) is 4.57 Å². The molecule has 0 aliphatic rings. The molecule has 0 fully saturated rings. The topological polar surface area (TPSA) is 57.5 Å². The standard InChI is InChI=1S/C21H20ClNO4/c1-4-27-20(24)11-15-13(2)23(21(25)14-8-6-5-7-9-14)18-12-17(22)19(26-3)10-16(15)18/h5-10,12H,4,11H2,1-3H3. The van der Waals surface area contributed by atoms with Crippen LogP contribution in [-0.4, -0.2) is 30.2 Å². The third-order valence-corrected chi connectivity index (χ3v) is 4.75. The van der Waals surface area contributed by atoms with Crippen molar-refractivity contribution < 1.29 is 19.1 Å². The Morgan fingerprint density at radius 3 is 2.48 bits per heavy atom. The number of fused-ring (bicyclic) bond motifs is 1. The van der Waals surface area contributed by atoms with Gasteiger partial charge in [0.1, 0.15) is 5.75 Å². The summed E-state index contributed by atoms with van der Waals surface area (Å²) in [6.45, 7) is 3.88. The van der Waals surface area contributed by atoms with Gasteiger partial charge in [0.2, 0.25) is 0 Å². The maximum Gasteiger partial charge on any atom is 0.310 e. The molecule has 140 valence electrons. The number of ether oxygens (including phenoxy) is 2. The Morgan fingerprint density at radius 1 is 1.15 bits per heavy atom. The van der Waals surface area contributed by atoms with Crippen molar-refractivity contribution in [3.63, 3.8) is 0 Å². The molecule has 0 bridgehead atoms. The molecule has 0 radical (unpaired) electrons. The summed E-state index contributed by atoms with van der Waals surface area (Å²) in [5.74, 6) is -0.0474. The summed E-state index contributed by atoms with van der Waals surface area (Å²) in [6.07, 6.45) is 0.0655. The van der Waals surface area contributed by atoms with Crippen molar-refractivity contribution in [2.75, 3.05) is 13.7 Å². The zero-order valence-corrected chi connectivity index (χ0v) is 16.2. The molecule has 27 heavy (non-hydrogen) atoms. The predicted octanol–water partition coefficient (Wildman–Crippen LogP) is 4.41. The van der Waals surface area contributed by atoms with Crippen LogP contribution in [0.2, 0.25) is 5.02 Å². The highest BCUT2D eigenvalue weighted by atomic mass is 35.5. The number of rotatable bonds is 5. The van der Waals surface area contributed by atoms with Crippen molar-refractivity contribution in [2.24, 2.45) is 0 Å². The molecule has 0 N–H and O–H groups in total. The van der Waals surface area contributed by atoms with Crippen LogP contribution in [0.25, 0.3) is 10.9 Å². The van der Waals surface area contributed by atoms with Crippen molar-refractivity contribution in [3.05, 3.63) is 64.3 Å². The summed E-state index contributed by atoms with van der Waals surface area (Å²) in [7, 11) is 1.52. The number of nitrogens with zero attached hydrogens (tertiary/aromatic N) is 1. The Balaban J connectivity index is 2.24. The fourth-order valence-corrected chi connectivity index (χ4v) is 3.42. The van der Waals surface area contributed by atoms with Crippen LogP contribution in [0.4, 0.5) is 0 Å². The summed E-state index contributed by atoms with van der Waals surface area (Å²) >= 11 is 6.30. The highest BCUT2D eigenvalue weighted by Gasteiger charge is 2.23. The first-order chi connectivity index (χ1) is 13.0. The molecule has 3 rings (SSSR count). The van der Waals surface area contributed by atoms with Crippen LogP contribution >= 0.6 is 11.6 Å². The molecule has 0 aliphatic carbocycles. The van der Waals surface area contributed by atoms with E-state index >= 15 is 0 Å². The molecule has 1 aromatic heterocycles. The van der Waals surface area contributed by atoms with E-state index in [1.54, 1.807) is 35.8 Å². The van der Waals surface area contributed by atoms with Gasteiger partial charge in [-0.2, -0.15) is 0 Å². The largest absolute Gasteiger partial charge is 0.495 e. The number of aromatic nitrogens is 1. The van der Waals surface area contributed by atoms with Gasteiger partial charge in [0.05, 0.1) is 30.7 Å². The van der Waals surface area contributed by atoms with Crippen LogP contribution < -0.4 is 4.74 Å². The molecule has 5 nitrogen and oxygen atoms in total. The minimum Gasteiger partial charge on any atom is -0.495 e. The summed E-state index contributed by atoms with van der Waals surface area (Å²) in [5.41, 5.74) is 2.58. The van der Waals surface area contributed by atoms with Crippen LogP contribution in [-0.2, 0) is 16.0 Å². The fraction of sp³-hybridized carbons (Fsp3) is 0.238. The van der Waals surface area contributed by atoms with Crippen molar-refractivity contribution in [3.8, 4) is 5.75 Å². The quantitative estimate of drug-likeness (QED) is 0.610. The van der Waals surface area contributed by atoms with E-state index in [4.69, 9.17) is 21.1 Å². The number of halogens is 1. The zero-order chi connectivity index (χ0) is 19.6. The molecule has 6 heteroatoms. The van der Waals surface area contributed by atoms with E-state index in [1.807, 2.05) is 25.1 Å². The number of carbonyl (C=O) groups is 2. The van der Waals surface area contributed by atoms with E-state index in [1.165, 1.54) is 7.11 Å². The lowest BCUT2D eigenvalue weighted by Crippen LogP contribution is -2.14. The van der Waals surface area contributed by atoms with E-state index in [0.717, 1.165) is 10.9 Å². The minimum absolute atomic E-state index is 0.0655. The molecule has 0 atom stereocenters. The van der Waals surface area contributed by atoms with Gasteiger partial charge in [-0.1, -0.05) is 29.8 Å². The smallest absolute Gasteiger partial charge is 0.310 e. The highest BCUT2D eigenvalue weighted by Crippen LogP contribution is 2.35. The van der Waals surface area contributed by atoms with Crippen LogP contribution in [0.1, 0.15) is 28.5 Å². The molecule has 0 spiro atoms. The summed E-state index contributed by atoms with van der Waals surface area (Å²) in [5, 5.41) is 1.14. The average Bonchev–Trinajstić information content (AvgIpc) is 2.92. The molecule has 3 aromatic rings. The summed E-state index contributed by atoms with van der Waals surface area (Å²) < 4.78 is 12.0. The lowest BCUT2D eigenvalue weighted by Gasteiger charge is -2.08. The van der Waals surface area contributed by atoms with Gasteiger partial charge < -0.3 is 9.47 Å². The number of hydrogen-bond donors (Lipinski definition) is 0. The molecule has 2 aromatic carbocycles. The van der Waals surface area contributed by atoms with E-state index < -0.39 is 0 Å². The third-order valence-electron chi connectivity index (χ3n) is 4.46. The normalized spacial score (nSPS) is 10.8. The molecule has 0 amide bonds. The van der Waals surface area contributed by atoms with Gasteiger partial charge >= 0.3 is 5.97 Å². The van der Waals surface area contributed by atoms with Gasteiger partial charge in [-0.15, -0.1) is 0 Å². The van der Waals surface area contributed by atoms with Gasteiger partial charge in [-0.3, -0.25) is 14.2 Å². The molecule has 0 saturated heterocycles. The maximum absolute atomic E-state index is 13.1. The fourth-order valence-electron chi connectivity index (χ4n) is 3.19. The van der Waals surface area contributed by atoms with E-state index in [9.17, 15) is 9.59 Å². The van der Waals surface area contributed by atoms with Crippen LogP contribution in [0.15, 0.2) is 42.5 Å². The van der Waals surface area contributed by atoms with Crippen LogP contribution in [0.5, 0.6) is 5.75 Å². The lowest BCUT2D eigenvalue weighted by molar-refractivity contribution is -0.142. The van der Waals surface area contributed by atoms with Crippen molar-refractivity contribution in [1.29, 1.82) is 0 Å². The van der Waals surface area contributed by atoms with Gasteiger partial charge in [0.15, 0.2) is 0 Å². The first-order valence-electron chi connectivity index (χ1n) is 8.60. The lowest BCUT2D eigenvalue weighted by atomic mass is 10.1. The molecule has 0 unspecified atom stereocenters. The number of benzene rings is 2. The zero-order valence-electron chi connectivity index (χ0n) is 15.4. The monoisotopic (exact) mass is 385 g/mol. The molecular weight excluding hydrogens is 366 g/mol. The van der Waals surface area contributed by atoms with E-state index in [-0.39, 0.29) is 18.3 Å². The Morgan fingerprint density at radius 2 is 1.85 bits per heavy atom. The number of hydrogen-bond acceptors (Lipinski definition) is 4. The minimum atomic E-state index is -0.347. The first kappa shape index (κ1) is 19.0. The van der Waals surface area contributed by atoms with Crippen molar-refractivity contribution >= 4 is 34.4 Å². The van der Waals surface area contributed by atoms with E-state index in [0.29, 0.717) is 34.2 Å². The van der Waals surface area contributed by atoms with Crippen molar-refractivity contribution in [2.45, 2.75) is 20.3 Å². The Bertz CT molecular complexity index is 1010. The second-order valence-electron chi connectivity index (χ2n) is 6.06.